The minimum Gasteiger partial charge on any atom is -0.444 e. The quantitative estimate of drug-likeness (QED) is 0.282. The van der Waals surface area contributed by atoms with Crippen LogP contribution >= 0.6 is 0 Å². The summed E-state index contributed by atoms with van der Waals surface area (Å²) in [6.45, 7) is 22.7. The average molecular weight is 654 g/mol. The van der Waals surface area contributed by atoms with Crippen LogP contribution in [0.1, 0.15) is 84.7 Å². The van der Waals surface area contributed by atoms with Crippen molar-refractivity contribution in [1.29, 1.82) is 0 Å². The first kappa shape index (κ1) is 37.6. The lowest BCUT2D eigenvalue weighted by molar-refractivity contribution is 0.0233. The molecule has 11 heteroatoms. The molecule has 1 fully saturated rings. The number of likely N-dealkylation sites (tertiary alicyclic amines) is 1. The van der Waals surface area contributed by atoms with Gasteiger partial charge in [-0.2, -0.15) is 0 Å². The molecular weight excluding hydrogens is 598 g/mol. The first-order valence-corrected chi connectivity index (χ1v) is 16.4. The minimum atomic E-state index is -0.635. The number of aryl methyl sites for hydroxylation is 2. The molecule has 3 amide bonds. The average Bonchev–Trinajstić information content (AvgIpc) is 3.27. The molecule has 3 rings (SSSR count). The summed E-state index contributed by atoms with van der Waals surface area (Å²) < 4.78 is 16.8. The third-order valence-corrected chi connectivity index (χ3v) is 7.11. The zero-order valence-corrected chi connectivity index (χ0v) is 30.2. The lowest BCUT2D eigenvalue weighted by Gasteiger charge is -2.28. The zero-order chi connectivity index (χ0) is 35.2. The molecule has 1 aliphatic heterocycles. The molecule has 0 bridgehead atoms. The van der Waals surface area contributed by atoms with E-state index in [1.807, 2.05) is 79.7 Å². The smallest absolute Gasteiger partial charge is 0.413 e. The van der Waals surface area contributed by atoms with Crippen LogP contribution in [0.3, 0.4) is 0 Å². The molecule has 2 atom stereocenters. The van der Waals surface area contributed by atoms with Crippen LogP contribution in [0.15, 0.2) is 36.4 Å². The molecule has 47 heavy (non-hydrogen) atoms. The van der Waals surface area contributed by atoms with Gasteiger partial charge in [0, 0.05) is 44.5 Å². The van der Waals surface area contributed by atoms with Crippen LogP contribution in [-0.4, -0.2) is 82.1 Å². The molecule has 1 saturated heterocycles. The van der Waals surface area contributed by atoms with Crippen molar-refractivity contribution < 1.29 is 28.6 Å². The van der Waals surface area contributed by atoms with Gasteiger partial charge in [-0.3, -0.25) is 5.32 Å². The van der Waals surface area contributed by atoms with Gasteiger partial charge in [0.2, 0.25) is 0 Å². The summed E-state index contributed by atoms with van der Waals surface area (Å²) in [7, 11) is 0. The van der Waals surface area contributed by atoms with E-state index in [2.05, 4.69) is 16.7 Å². The molecule has 0 unspecified atom stereocenters. The molecule has 2 heterocycles. The number of nitrogens with one attached hydrogen (secondary N) is 2. The highest BCUT2D eigenvalue weighted by molar-refractivity contribution is 5.83. The van der Waals surface area contributed by atoms with E-state index >= 15 is 0 Å². The maximum Gasteiger partial charge on any atom is 0.413 e. The maximum atomic E-state index is 13.2. The van der Waals surface area contributed by atoms with Gasteiger partial charge in [-0.05, 0) is 112 Å². The number of ether oxygens (including phenoxy) is 3. The van der Waals surface area contributed by atoms with Crippen molar-refractivity contribution in [3.05, 3.63) is 58.8 Å². The molecule has 0 aliphatic carbocycles. The highest BCUT2D eigenvalue weighted by Crippen LogP contribution is 2.25. The molecule has 260 valence electrons. The van der Waals surface area contributed by atoms with Crippen molar-refractivity contribution in [1.82, 2.24) is 20.1 Å². The lowest BCUT2D eigenvalue weighted by atomic mass is 9.97. The Bertz CT molecular complexity index is 1390. The van der Waals surface area contributed by atoms with Crippen LogP contribution in [0.25, 0.3) is 0 Å². The summed E-state index contributed by atoms with van der Waals surface area (Å²) in [4.78, 5) is 46.9. The first-order valence-electron chi connectivity index (χ1n) is 16.4. The third kappa shape index (κ3) is 13.4. The van der Waals surface area contributed by atoms with E-state index in [1.54, 1.807) is 36.6 Å². The highest BCUT2D eigenvalue weighted by Gasteiger charge is 2.37. The van der Waals surface area contributed by atoms with Gasteiger partial charge in [0.05, 0.1) is 0 Å². The van der Waals surface area contributed by atoms with E-state index in [0.29, 0.717) is 45.0 Å². The second-order valence-electron chi connectivity index (χ2n) is 15.4. The molecule has 0 radical (unpaired) electrons. The van der Waals surface area contributed by atoms with E-state index in [0.717, 1.165) is 22.4 Å². The van der Waals surface area contributed by atoms with Crippen LogP contribution in [0.2, 0.25) is 0 Å². The van der Waals surface area contributed by atoms with Crippen LogP contribution < -0.4 is 10.6 Å². The number of carbonyl (C=O) groups is 3. The van der Waals surface area contributed by atoms with Crippen molar-refractivity contribution in [3.63, 3.8) is 0 Å². The van der Waals surface area contributed by atoms with Crippen molar-refractivity contribution in [2.45, 2.75) is 112 Å². The number of rotatable bonds is 9. The van der Waals surface area contributed by atoms with Crippen LogP contribution in [-0.2, 0) is 27.2 Å². The van der Waals surface area contributed by atoms with Crippen molar-refractivity contribution >= 4 is 24.1 Å². The van der Waals surface area contributed by atoms with E-state index in [1.165, 1.54) is 0 Å². The Balaban J connectivity index is 1.77. The fraction of sp³-hybridized carbons (Fsp3) is 0.611. The van der Waals surface area contributed by atoms with E-state index in [4.69, 9.17) is 19.2 Å². The van der Waals surface area contributed by atoms with Crippen molar-refractivity contribution in [2.24, 2.45) is 5.92 Å². The van der Waals surface area contributed by atoms with E-state index in [9.17, 15) is 14.4 Å². The van der Waals surface area contributed by atoms with Gasteiger partial charge in [-0.15, -0.1) is 0 Å². The normalized spacial score (nSPS) is 16.9. The number of anilines is 1. The van der Waals surface area contributed by atoms with Crippen molar-refractivity contribution in [3.8, 4) is 0 Å². The Hall–Kier alpha value is -3.86. The molecule has 0 spiro atoms. The number of hydrogen-bond acceptors (Lipinski definition) is 8. The number of benzene rings is 1. The predicted octanol–water partition coefficient (Wildman–Crippen LogP) is 6.85. The summed E-state index contributed by atoms with van der Waals surface area (Å²) in [5.74, 6) is 0.405. The molecule has 1 aromatic heterocycles. The second kappa shape index (κ2) is 15.4. The Morgan fingerprint density at radius 2 is 1.53 bits per heavy atom. The maximum absolute atomic E-state index is 13.2. The predicted molar refractivity (Wildman–Crippen MR) is 183 cm³/mol. The summed E-state index contributed by atoms with van der Waals surface area (Å²) in [5, 5.41) is 6.36. The number of carbonyl (C=O) groups excluding carboxylic acids is 3. The third-order valence-electron chi connectivity index (χ3n) is 7.11. The number of hydrogen-bond donors (Lipinski definition) is 2. The fourth-order valence-electron chi connectivity index (χ4n) is 5.35. The fourth-order valence-corrected chi connectivity index (χ4v) is 5.35. The molecule has 0 saturated carbocycles. The monoisotopic (exact) mass is 653 g/mol. The van der Waals surface area contributed by atoms with Gasteiger partial charge in [-0.1, -0.05) is 29.8 Å². The molecular formula is C36H55N5O6. The van der Waals surface area contributed by atoms with Gasteiger partial charge in [0.1, 0.15) is 22.6 Å². The molecule has 2 N–H and O–H groups in total. The van der Waals surface area contributed by atoms with Gasteiger partial charge >= 0.3 is 18.3 Å². The van der Waals surface area contributed by atoms with E-state index in [-0.39, 0.29) is 24.1 Å². The lowest BCUT2D eigenvalue weighted by Crippen LogP contribution is -2.44. The van der Waals surface area contributed by atoms with Crippen LogP contribution in [0, 0.1) is 19.8 Å². The number of amides is 3. The summed E-state index contributed by atoms with van der Waals surface area (Å²) in [5.41, 5.74) is 1.98. The Kier molecular flexibility index (Phi) is 12.3. The molecule has 2 aromatic rings. The molecule has 1 aliphatic rings. The molecule has 11 nitrogen and oxygen atoms in total. The van der Waals surface area contributed by atoms with Crippen LogP contribution in [0.5, 0.6) is 0 Å². The van der Waals surface area contributed by atoms with E-state index < -0.39 is 22.9 Å². The Morgan fingerprint density at radius 3 is 2.15 bits per heavy atom. The van der Waals surface area contributed by atoms with Gasteiger partial charge < -0.3 is 29.3 Å². The van der Waals surface area contributed by atoms with Crippen molar-refractivity contribution in [2.75, 3.05) is 31.5 Å². The standard InChI is InChI=1S/C36H55N5O6/c1-24-13-12-14-26(17-24)21-40(32(43)46-35(6,7)8)16-15-37-29-23-41(33(44)47-36(9,10)11)22-27(29)20-28-18-25(2)19-30(38-28)39-31(42)45-34(3,4)5/h12-14,17-19,27,29,37H,15-16,20-23H2,1-11H3,(H,38,39,42)/t27-,29+/m0/s1. The van der Waals surface area contributed by atoms with Gasteiger partial charge in [0.15, 0.2) is 0 Å². The van der Waals surface area contributed by atoms with Gasteiger partial charge in [-0.25, -0.2) is 19.4 Å². The Labute approximate surface area is 280 Å². The first-order chi connectivity index (χ1) is 21.7. The summed E-state index contributed by atoms with van der Waals surface area (Å²) >= 11 is 0. The number of pyridine rings is 1. The largest absolute Gasteiger partial charge is 0.444 e. The van der Waals surface area contributed by atoms with Gasteiger partial charge in [0.25, 0.3) is 0 Å². The van der Waals surface area contributed by atoms with Crippen LogP contribution in [0.4, 0.5) is 20.2 Å². The zero-order valence-electron chi connectivity index (χ0n) is 30.2. The summed E-state index contributed by atoms with van der Waals surface area (Å²) in [6.07, 6.45) is -0.765. The number of nitrogens with zero attached hydrogens (tertiary/aromatic N) is 3. The highest BCUT2D eigenvalue weighted by atomic mass is 16.6. The number of aromatic nitrogens is 1. The topological polar surface area (TPSA) is 122 Å². The minimum absolute atomic E-state index is 0.00190. The SMILES string of the molecule is Cc1cccc(CN(CCN[C@@H]2CN(C(=O)OC(C)(C)C)C[C@@H]2Cc2cc(C)cc(NC(=O)OC(C)(C)C)n2)C(=O)OC(C)(C)C)c1. The summed E-state index contributed by atoms with van der Waals surface area (Å²) in [6, 6.07) is 11.8. The second-order valence-corrected chi connectivity index (χ2v) is 15.4. The molecule has 1 aromatic carbocycles. The Morgan fingerprint density at radius 1 is 0.872 bits per heavy atom.